The van der Waals surface area contributed by atoms with Crippen molar-refractivity contribution in [3.8, 4) is 39.7 Å². The lowest BCUT2D eigenvalue weighted by Gasteiger charge is -2.18. The first-order valence-electron chi connectivity index (χ1n) is 16.8. The normalized spacial score (nSPS) is 12.7. The van der Waals surface area contributed by atoms with Gasteiger partial charge < -0.3 is 14.0 Å². The molecule has 0 atom stereocenters. The molecule has 0 saturated carbocycles. The molecule has 230 valence electrons. The monoisotopic (exact) mass is 626 g/mol. The summed E-state index contributed by atoms with van der Waals surface area (Å²) in [5.74, 6) is 0. The van der Waals surface area contributed by atoms with Crippen LogP contribution in [0.4, 0.5) is 5.69 Å². The molecule has 3 heterocycles. The fraction of sp³-hybridized carbons (Fsp3) is 0.0444. The molecular weight excluding hydrogens is 597 g/mol. The van der Waals surface area contributed by atoms with Crippen molar-refractivity contribution in [2.45, 2.75) is 0 Å². The van der Waals surface area contributed by atoms with Crippen molar-refractivity contribution in [1.29, 1.82) is 5.26 Å². The molecular formula is C45H30N4. The van der Waals surface area contributed by atoms with E-state index in [2.05, 4.69) is 172 Å². The smallest absolute Gasteiger partial charge is 0.0998 e. The quantitative estimate of drug-likeness (QED) is 0.178. The molecule has 0 aliphatic carbocycles. The van der Waals surface area contributed by atoms with Crippen LogP contribution in [0.15, 0.2) is 158 Å². The van der Waals surface area contributed by atoms with Crippen molar-refractivity contribution in [2.75, 3.05) is 18.0 Å². The SMILES string of the molecule is N#Cc1cc(-n2c3ccccc3c3ccccc32)ccc1-c1ccc(-c2ccccc2-n2c3ccccc3c3ccccc32)cc1N1CC1. The number of anilines is 1. The van der Waals surface area contributed by atoms with Crippen molar-refractivity contribution in [2.24, 2.45) is 0 Å². The Balaban J connectivity index is 1.12. The molecule has 1 aliphatic rings. The van der Waals surface area contributed by atoms with Gasteiger partial charge in [-0.15, -0.1) is 0 Å². The highest BCUT2D eigenvalue weighted by Crippen LogP contribution is 2.42. The Morgan fingerprint density at radius 1 is 0.429 bits per heavy atom. The average Bonchev–Trinajstić information content (AvgIpc) is 3.89. The molecule has 0 unspecified atom stereocenters. The van der Waals surface area contributed by atoms with E-state index < -0.39 is 0 Å². The Hall–Kier alpha value is -6.57. The van der Waals surface area contributed by atoms with Crippen molar-refractivity contribution >= 4 is 49.3 Å². The van der Waals surface area contributed by atoms with Gasteiger partial charge in [0.05, 0.1) is 39.4 Å². The molecule has 49 heavy (non-hydrogen) atoms. The van der Waals surface area contributed by atoms with E-state index in [0.717, 1.165) is 57.9 Å². The highest BCUT2D eigenvalue weighted by atomic mass is 15.3. The van der Waals surface area contributed by atoms with Crippen molar-refractivity contribution in [3.63, 3.8) is 0 Å². The van der Waals surface area contributed by atoms with Crippen LogP contribution < -0.4 is 4.90 Å². The fourth-order valence-electron chi connectivity index (χ4n) is 7.77. The molecule has 9 aromatic rings. The third kappa shape index (κ3) is 4.23. The van der Waals surface area contributed by atoms with Crippen LogP contribution in [0.5, 0.6) is 0 Å². The molecule has 10 rings (SSSR count). The van der Waals surface area contributed by atoms with E-state index >= 15 is 0 Å². The topological polar surface area (TPSA) is 36.7 Å². The maximum Gasteiger partial charge on any atom is 0.0998 e. The van der Waals surface area contributed by atoms with Crippen LogP contribution in [0.3, 0.4) is 0 Å². The summed E-state index contributed by atoms with van der Waals surface area (Å²) >= 11 is 0. The van der Waals surface area contributed by atoms with E-state index in [4.69, 9.17) is 0 Å². The second-order valence-corrected chi connectivity index (χ2v) is 12.8. The van der Waals surface area contributed by atoms with Crippen LogP contribution in [0.25, 0.3) is 77.2 Å². The number of hydrogen-bond acceptors (Lipinski definition) is 2. The molecule has 4 nitrogen and oxygen atoms in total. The summed E-state index contributed by atoms with van der Waals surface area (Å²) in [6.07, 6.45) is 0. The minimum Gasteiger partial charge on any atom is -0.367 e. The van der Waals surface area contributed by atoms with Crippen LogP contribution in [0.1, 0.15) is 5.56 Å². The maximum absolute atomic E-state index is 10.5. The van der Waals surface area contributed by atoms with Crippen molar-refractivity contribution < 1.29 is 0 Å². The lowest BCUT2D eigenvalue weighted by atomic mass is 9.94. The van der Waals surface area contributed by atoms with E-state index in [1.165, 1.54) is 38.1 Å². The first-order valence-corrected chi connectivity index (χ1v) is 16.8. The van der Waals surface area contributed by atoms with E-state index in [-0.39, 0.29) is 0 Å². The van der Waals surface area contributed by atoms with Crippen LogP contribution in [0, 0.1) is 11.3 Å². The highest BCUT2D eigenvalue weighted by molar-refractivity contribution is 6.10. The average molecular weight is 627 g/mol. The number of fused-ring (bicyclic) bond motifs is 6. The lowest BCUT2D eigenvalue weighted by molar-refractivity contribution is 1.18. The Morgan fingerprint density at radius 3 is 1.51 bits per heavy atom. The summed E-state index contributed by atoms with van der Waals surface area (Å²) in [5.41, 5.74) is 13.0. The molecule has 4 heteroatoms. The van der Waals surface area contributed by atoms with Crippen molar-refractivity contribution in [1.82, 2.24) is 9.13 Å². The van der Waals surface area contributed by atoms with E-state index in [1.54, 1.807) is 0 Å². The van der Waals surface area contributed by atoms with Gasteiger partial charge in [0, 0.05) is 62.7 Å². The molecule has 0 radical (unpaired) electrons. The fourth-order valence-corrected chi connectivity index (χ4v) is 7.77. The zero-order valence-electron chi connectivity index (χ0n) is 26.7. The molecule has 0 N–H and O–H groups in total. The highest BCUT2D eigenvalue weighted by Gasteiger charge is 2.25. The Labute approximate surface area is 283 Å². The van der Waals surface area contributed by atoms with Gasteiger partial charge in [-0.1, -0.05) is 109 Å². The standard InChI is InChI=1S/C45H30N4/c46-29-31-27-32(48-41-17-7-2-12-35(41)36-13-3-8-18-42(36)48)22-24-33(31)39-23-21-30(28-45(39)47-25-26-47)34-11-1-6-16-40(34)49-43-19-9-4-14-37(43)38-15-5-10-20-44(38)49/h1-24,27-28H,25-26H2. The van der Waals surface area contributed by atoms with E-state index in [9.17, 15) is 5.26 Å². The number of hydrogen-bond donors (Lipinski definition) is 0. The van der Waals surface area contributed by atoms with Gasteiger partial charge in [0.15, 0.2) is 0 Å². The largest absolute Gasteiger partial charge is 0.367 e. The van der Waals surface area contributed by atoms with Crippen LogP contribution >= 0.6 is 0 Å². The second-order valence-electron chi connectivity index (χ2n) is 12.8. The predicted molar refractivity (Wildman–Crippen MR) is 203 cm³/mol. The number of nitrogens with zero attached hydrogens (tertiary/aromatic N) is 4. The van der Waals surface area contributed by atoms with E-state index in [0.29, 0.717) is 5.56 Å². The maximum atomic E-state index is 10.5. The van der Waals surface area contributed by atoms with Gasteiger partial charge in [0.2, 0.25) is 0 Å². The zero-order valence-corrected chi connectivity index (χ0v) is 26.7. The molecule has 1 fully saturated rings. The van der Waals surface area contributed by atoms with Crippen molar-refractivity contribution in [3.05, 3.63) is 163 Å². The predicted octanol–water partition coefficient (Wildman–Crippen LogP) is 10.9. The van der Waals surface area contributed by atoms with E-state index in [1.807, 2.05) is 6.07 Å². The Bertz CT molecular complexity index is 2700. The summed E-state index contributed by atoms with van der Waals surface area (Å²) < 4.78 is 4.67. The summed E-state index contributed by atoms with van der Waals surface area (Å²) in [4.78, 5) is 2.39. The van der Waals surface area contributed by atoms with Crippen LogP contribution in [0.2, 0.25) is 0 Å². The summed E-state index contributed by atoms with van der Waals surface area (Å²) in [6, 6.07) is 58.6. The number of nitriles is 1. The Kier molecular flexibility index (Phi) is 6.03. The van der Waals surface area contributed by atoms with Gasteiger partial charge in [-0.3, -0.25) is 0 Å². The first-order chi connectivity index (χ1) is 24.3. The lowest BCUT2D eigenvalue weighted by Crippen LogP contribution is -2.00. The molecule has 0 bridgehead atoms. The van der Waals surface area contributed by atoms with Gasteiger partial charge >= 0.3 is 0 Å². The second kappa shape index (κ2) is 10.7. The van der Waals surface area contributed by atoms with Gasteiger partial charge in [-0.05, 0) is 54.1 Å². The van der Waals surface area contributed by atoms with Gasteiger partial charge in [-0.25, -0.2) is 0 Å². The molecule has 2 aromatic heterocycles. The molecule has 1 saturated heterocycles. The molecule has 1 aliphatic heterocycles. The molecule has 0 spiro atoms. The van der Waals surface area contributed by atoms with Gasteiger partial charge in [-0.2, -0.15) is 5.26 Å². The zero-order chi connectivity index (χ0) is 32.5. The van der Waals surface area contributed by atoms with Gasteiger partial charge in [0.1, 0.15) is 0 Å². The van der Waals surface area contributed by atoms with Crippen LogP contribution in [-0.4, -0.2) is 22.2 Å². The third-order valence-electron chi connectivity index (χ3n) is 10.1. The summed E-state index contributed by atoms with van der Waals surface area (Å²) in [7, 11) is 0. The van der Waals surface area contributed by atoms with Crippen LogP contribution in [-0.2, 0) is 0 Å². The first kappa shape index (κ1) is 27.5. The number of para-hydroxylation sites is 5. The third-order valence-corrected chi connectivity index (χ3v) is 10.1. The molecule has 0 amide bonds. The number of rotatable bonds is 5. The number of benzene rings is 7. The number of aromatic nitrogens is 2. The Morgan fingerprint density at radius 2 is 0.939 bits per heavy atom. The minimum absolute atomic E-state index is 0.667. The summed E-state index contributed by atoms with van der Waals surface area (Å²) in [5, 5.41) is 15.5. The minimum atomic E-state index is 0.667. The van der Waals surface area contributed by atoms with Gasteiger partial charge in [0.25, 0.3) is 0 Å². The molecule has 7 aromatic carbocycles. The summed E-state index contributed by atoms with van der Waals surface area (Å²) in [6.45, 7) is 2.01.